The first-order valence-electron chi connectivity index (χ1n) is 11.3. The molecule has 2 aromatic heterocycles. The molecule has 1 saturated heterocycles. The molecule has 2 aliphatic rings. The second-order valence-corrected chi connectivity index (χ2v) is 10.3. The van der Waals surface area contributed by atoms with Crippen molar-refractivity contribution >= 4 is 38.6 Å². The molecule has 1 amide bonds. The molecule has 33 heavy (non-hydrogen) atoms. The fourth-order valence-electron chi connectivity index (χ4n) is 4.71. The van der Waals surface area contributed by atoms with Crippen LogP contribution in [0.4, 0.5) is 11.5 Å². The maximum atomic E-state index is 13.0. The van der Waals surface area contributed by atoms with Crippen molar-refractivity contribution in [2.45, 2.75) is 50.0 Å². The Morgan fingerprint density at radius 1 is 1.06 bits per heavy atom. The predicted molar refractivity (Wildman–Crippen MR) is 124 cm³/mol. The summed E-state index contributed by atoms with van der Waals surface area (Å²) >= 11 is 0. The fraction of sp³-hybridized carbons (Fsp3) is 0.455. The van der Waals surface area contributed by atoms with E-state index in [2.05, 4.69) is 24.8 Å². The van der Waals surface area contributed by atoms with Gasteiger partial charge in [0.15, 0.2) is 17.0 Å². The largest absolute Gasteiger partial charge is 0.354 e. The number of anilines is 2. The van der Waals surface area contributed by atoms with E-state index in [-0.39, 0.29) is 16.7 Å². The minimum atomic E-state index is -3.77. The van der Waals surface area contributed by atoms with Gasteiger partial charge in [0.25, 0.3) is 0 Å². The van der Waals surface area contributed by atoms with Gasteiger partial charge in [-0.2, -0.15) is 0 Å². The molecule has 11 heteroatoms. The average molecular weight is 470 g/mol. The number of piperidine rings is 1. The van der Waals surface area contributed by atoms with Crippen LogP contribution in [0.25, 0.3) is 11.2 Å². The molecule has 174 valence electrons. The molecule has 0 saturated carbocycles. The Hall–Kier alpha value is -3.05. The summed E-state index contributed by atoms with van der Waals surface area (Å²) in [7, 11) is -3.77. The number of imidazole rings is 1. The first-order valence-corrected chi connectivity index (χ1v) is 12.8. The zero-order chi connectivity index (χ0) is 23.0. The van der Waals surface area contributed by atoms with Crippen molar-refractivity contribution in [2.24, 2.45) is 11.1 Å². The van der Waals surface area contributed by atoms with Gasteiger partial charge in [-0.3, -0.25) is 4.79 Å². The van der Waals surface area contributed by atoms with Gasteiger partial charge in [0.1, 0.15) is 12.2 Å². The van der Waals surface area contributed by atoms with E-state index in [1.54, 1.807) is 18.5 Å². The summed E-state index contributed by atoms with van der Waals surface area (Å²) in [6, 6.07) is 5.87. The van der Waals surface area contributed by atoms with E-state index < -0.39 is 10.0 Å². The van der Waals surface area contributed by atoms with Gasteiger partial charge >= 0.3 is 0 Å². The highest BCUT2D eigenvalue weighted by atomic mass is 32.2. The topological polar surface area (TPSA) is 136 Å². The Kier molecular flexibility index (Phi) is 5.75. The molecule has 1 fully saturated rings. The number of aromatic nitrogens is 4. The second-order valence-electron chi connectivity index (χ2n) is 8.70. The van der Waals surface area contributed by atoms with Crippen molar-refractivity contribution in [2.75, 3.05) is 23.3 Å². The van der Waals surface area contributed by atoms with Crippen LogP contribution in [0.1, 0.15) is 37.9 Å². The summed E-state index contributed by atoms with van der Waals surface area (Å²) < 4.78 is 25.1. The lowest BCUT2D eigenvalue weighted by Gasteiger charge is -2.32. The van der Waals surface area contributed by atoms with Crippen LogP contribution in [-0.2, 0) is 27.8 Å². The molecule has 0 radical (unpaired) electrons. The van der Waals surface area contributed by atoms with E-state index in [0.717, 1.165) is 68.0 Å². The number of rotatable bonds is 4. The maximum Gasteiger partial charge on any atom is 0.238 e. The van der Waals surface area contributed by atoms with E-state index in [0.29, 0.717) is 12.2 Å². The number of fused-ring (bicyclic) bond motifs is 3. The van der Waals surface area contributed by atoms with E-state index in [1.807, 2.05) is 0 Å². The number of carbonyl (C=O) groups is 1. The van der Waals surface area contributed by atoms with Crippen molar-refractivity contribution in [3.63, 3.8) is 0 Å². The standard InChI is InChI=1S/C22H27N7O3S/c23-33(31,32)17-9-7-16(8-10-17)26-22(30)15-5-4-11-28(13-15)20-19-21(25-14-24-20)29-12-3-1-2-6-18(29)27-19/h7-10,14-15H,1-6,11-13H2,(H,26,30)(H2,23,31,32)/t15-/m0/s1. The molecular formula is C22H27N7O3S. The van der Waals surface area contributed by atoms with Crippen LogP contribution in [0.5, 0.6) is 0 Å². The Bertz CT molecular complexity index is 1290. The lowest BCUT2D eigenvalue weighted by molar-refractivity contribution is -0.120. The predicted octanol–water partition coefficient (Wildman–Crippen LogP) is 2.06. The minimum absolute atomic E-state index is 0.00980. The number of benzene rings is 1. The molecule has 10 nitrogen and oxygen atoms in total. The second kappa shape index (κ2) is 8.71. The Balaban J connectivity index is 1.34. The molecule has 2 aliphatic heterocycles. The first kappa shape index (κ1) is 21.8. The monoisotopic (exact) mass is 469 g/mol. The first-order chi connectivity index (χ1) is 15.9. The van der Waals surface area contributed by atoms with Crippen LogP contribution in [-0.4, -0.2) is 46.9 Å². The third-order valence-electron chi connectivity index (χ3n) is 6.42. The third kappa shape index (κ3) is 4.42. The molecule has 3 aromatic rings. The van der Waals surface area contributed by atoms with Crippen molar-refractivity contribution in [1.29, 1.82) is 0 Å². The lowest BCUT2D eigenvalue weighted by atomic mass is 9.97. The van der Waals surface area contributed by atoms with Crippen LogP contribution in [0.3, 0.4) is 0 Å². The molecule has 5 rings (SSSR count). The normalized spacial score (nSPS) is 19.2. The molecule has 1 atom stereocenters. The fourth-order valence-corrected chi connectivity index (χ4v) is 5.23. The Morgan fingerprint density at radius 2 is 1.88 bits per heavy atom. The molecule has 1 aromatic carbocycles. The number of sulfonamides is 1. The number of hydrogen-bond acceptors (Lipinski definition) is 7. The summed E-state index contributed by atoms with van der Waals surface area (Å²) in [5.74, 6) is 1.53. The summed E-state index contributed by atoms with van der Waals surface area (Å²) in [6.45, 7) is 2.27. The summed E-state index contributed by atoms with van der Waals surface area (Å²) in [5.41, 5.74) is 2.22. The van der Waals surface area contributed by atoms with Gasteiger partial charge in [-0.25, -0.2) is 28.5 Å². The lowest BCUT2D eigenvalue weighted by Crippen LogP contribution is -2.41. The number of aryl methyl sites for hydroxylation is 2. The van der Waals surface area contributed by atoms with Crippen LogP contribution >= 0.6 is 0 Å². The molecule has 0 unspecified atom stereocenters. The van der Waals surface area contributed by atoms with Crippen molar-refractivity contribution in [3.05, 3.63) is 36.4 Å². The number of hydrogen-bond donors (Lipinski definition) is 2. The Labute approximate surface area is 192 Å². The van der Waals surface area contributed by atoms with Gasteiger partial charge in [-0.1, -0.05) is 6.42 Å². The number of nitrogens with two attached hydrogens (primary N) is 1. The average Bonchev–Trinajstić information content (AvgIpc) is 2.99. The van der Waals surface area contributed by atoms with Crippen molar-refractivity contribution < 1.29 is 13.2 Å². The highest BCUT2D eigenvalue weighted by Gasteiger charge is 2.29. The molecule has 4 heterocycles. The molecule has 0 aliphatic carbocycles. The van der Waals surface area contributed by atoms with Crippen LogP contribution in [0, 0.1) is 5.92 Å². The van der Waals surface area contributed by atoms with Gasteiger partial charge in [-0.05, 0) is 49.9 Å². The van der Waals surface area contributed by atoms with Gasteiger partial charge < -0.3 is 14.8 Å². The van der Waals surface area contributed by atoms with Gasteiger partial charge in [0.2, 0.25) is 15.9 Å². The zero-order valence-electron chi connectivity index (χ0n) is 18.3. The third-order valence-corrected chi connectivity index (χ3v) is 7.35. The summed E-state index contributed by atoms with van der Waals surface area (Å²) in [6.07, 6.45) is 7.64. The Morgan fingerprint density at radius 3 is 2.67 bits per heavy atom. The molecule has 3 N–H and O–H groups in total. The van der Waals surface area contributed by atoms with E-state index in [9.17, 15) is 13.2 Å². The van der Waals surface area contributed by atoms with E-state index in [4.69, 9.17) is 10.1 Å². The number of primary sulfonamides is 1. The van der Waals surface area contributed by atoms with E-state index >= 15 is 0 Å². The van der Waals surface area contributed by atoms with Gasteiger partial charge in [0.05, 0.1) is 10.8 Å². The van der Waals surface area contributed by atoms with Crippen molar-refractivity contribution in [3.8, 4) is 0 Å². The molecule has 0 spiro atoms. The van der Waals surface area contributed by atoms with Gasteiger partial charge in [-0.15, -0.1) is 0 Å². The van der Waals surface area contributed by atoms with Crippen LogP contribution < -0.4 is 15.4 Å². The molecule has 0 bridgehead atoms. The smallest absolute Gasteiger partial charge is 0.238 e. The van der Waals surface area contributed by atoms with Crippen molar-refractivity contribution in [1.82, 2.24) is 19.5 Å². The number of amides is 1. The maximum absolute atomic E-state index is 13.0. The quantitative estimate of drug-likeness (QED) is 0.597. The van der Waals surface area contributed by atoms with Gasteiger partial charge in [0, 0.05) is 31.7 Å². The number of nitrogens with one attached hydrogen (secondary N) is 1. The van der Waals surface area contributed by atoms with Crippen LogP contribution in [0.2, 0.25) is 0 Å². The summed E-state index contributed by atoms with van der Waals surface area (Å²) in [5, 5.41) is 8.03. The highest BCUT2D eigenvalue weighted by molar-refractivity contribution is 7.89. The number of nitrogens with zero attached hydrogens (tertiary/aromatic N) is 5. The SMILES string of the molecule is NS(=O)(=O)c1ccc(NC(=O)[C@H]2CCCN(c3ncnc4c3nc3n4CCCCC3)C2)cc1. The molecular weight excluding hydrogens is 442 g/mol. The highest BCUT2D eigenvalue weighted by Crippen LogP contribution is 2.29. The minimum Gasteiger partial charge on any atom is -0.354 e. The zero-order valence-corrected chi connectivity index (χ0v) is 19.1. The van der Waals surface area contributed by atoms with Crippen LogP contribution in [0.15, 0.2) is 35.5 Å². The number of carbonyl (C=O) groups excluding carboxylic acids is 1. The summed E-state index contributed by atoms with van der Waals surface area (Å²) in [4.78, 5) is 29.1. The van der Waals surface area contributed by atoms with E-state index in [1.165, 1.54) is 18.6 Å².